The number of esters is 1. The molecule has 1 aromatic carbocycles. The molecule has 2 rings (SSSR count). The van der Waals surface area contributed by atoms with Crippen molar-refractivity contribution in [1.29, 1.82) is 0 Å². The van der Waals surface area contributed by atoms with Gasteiger partial charge in [-0.2, -0.15) is 0 Å². The van der Waals surface area contributed by atoms with E-state index in [0.717, 1.165) is 18.5 Å². The van der Waals surface area contributed by atoms with Crippen LogP contribution in [-0.2, 0) is 4.74 Å². The first-order chi connectivity index (χ1) is 10.2. The lowest BCUT2D eigenvalue weighted by atomic mass is 10.1. The van der Waals surface area contributed by atoms with Crippen molar-refractivity contribution in [2.24, 2.45) is 0 Å². The molecule has 0 atom stereocenters. The summed E-state index contributed by atoms with van der Waals surface area (Å²) in [6.45, 7) is 2.70. The fourth-order valence-electron chi connectivity index (χ4n) is 3.01. The molecule has 0 radical (unpaired) electrons. The van der Waals surface area contributed by atoms with Crippen LogP contribution in [0.1, 0.15) is 43.0 Å². The van der Waals surface area contributed by atoms with Crippen molar-refractivity contribution in [2.45, 2.75) is 38.6 Å². The average Bonchev–Trinajstić information content (AvgIpc) is 2.99. The van der Waals surface area contributed by atoms with Crippen LogP contribution in [0.25, 0.3) is 0 Å². The largest absolute Gasteiger partial charge is 0.462 e. The molecule has 21 heavy (non-hydrogen) atoms. The third-order valence-corrected chi connectivity index (χ3v) is 3.99. The number of rotatable bonds is 6. The topological polar surface area (TPSA) is 75.8 Å². The Balaban J connectivity index is 2.31. The number of aliphatic hydroxyl groups is 1. The Morgan fingerprint density at radius 3 is 2.76 bits per heavy atom. The maximum atomic E-state index is 11.9. The maximum absolute atomic E-state index is 11.9. The van der Waals surface area contributed by atoms with Gasteiger partial charge in [-0.25, -0.2) is 4.79 Å². The Labute approximate surface area is 125 Å². The van der Waals surface area contributed by atoms with E-state index in [0.29, 0.717) is 30.4 Å². The number of benzene rings is 1. The Bertz CT molecular complexity index is 484. The van der Waals surface area contributed by atoms with E-state index in [4.69, 9.17) is 10.5 Å². The number of carbonyl (C=O) groups excluding carboxylic acids is 1. The van der Waals surface area contributed by atoms with Gasteiger partial charge in [-0.05, 0) is 31.9 Å². The highest BCUT2D eigenvalue weighted by Gasteiger charge is 2.25. The van der Waals surface area contributed by atoms with Crippen LogP contribution in [0.4, 0.5) is 11.4 Å². The standard InChI is InChI=1S/C16H24N2O3/c1-2-21-16(20)13-8-5-9-14(15(13)17)18(10-11-19)12-6-3-4-7-12/h5,8-9,12,19H,2-4,6-7,10-11,17H2,1H3. The SMILES string of the molecule is CCOC(=O)c1cccc(N(CCO)C2CCCC2)c1N. The van der Waals surface area contributed by atoms with Crippen molar-refractivity contribution in [1.82, 2.24) is 0 Å². The van der Waals surface area contributed by atoms with Crippen LogP contribution in [0.2, 0.25) is 0 Å². The summed E-state index contributed by atoms with van der Waals surface area (Å²) in [6, 6.07) is 5.79. The first-order valence-corrected chi connectivity index (χ1v) is 7.62. The predicted molar refractivity (Wildman–Crippen MR) is 83.5 cm³/mol. The molecule has 3 N–H and O–H groups in total. The summed E-state index contributed by atoms with van der Waals surface area (Å²) in [5, 5.41) is 9.34. The predicted octanol–water partition coefficient (Wildman–Crippen LogP) is 2.19. The Kier molecular flexibility index (Phi) is 5.44. The van der Waals surface area contributed by atoms with E-state index >= 15 is 0 Å². The van der Waals surface area contributed by atoms with Crippen LogP contribution in [0.3, 0.4) is 0 Å². The molecule has 1 aromatic rings. The molecule has 0 saturated heterocycles. The third kappa shape index (κ3) is 3.47. The molecule has 1 fully saturated rings. The van der Waals surface area contributed by atoms with Crippen LogP contribution < -0.4 is 10.6 Å². The number of nitrogen functional groups attached to an aromatic ring is 1. The van der Waals surface area contributed by atoms with Crippen LogP contribution in [-0.4, -0.2) is 36.9 Å². The second-order valence-electron chi connectivity index (χ2n) is 5.31. The zero-order valence-electron chi connectivity index (χ0n) is 12.5. The highest BCUT2D eigenvalue weighted by Crippen LogP contribution is 2.33. The molecule has 116 valence electrons. The van der Waals surface area contributed by atoms with Gasteiger partial charge in [0, 0.05) is 12.6 Å². The Hall–Kier alpha value is -1.75. The number of nitrogens with zero attached hydrogens (tertiary/aromatic N) is 1. The van der Waals surface area contributed by atoms with Crippen LogP contribution >= 0.6 is 0 Å². The molecular weight excluding hydrogens is 268 g/mol. The highest BCUT2D eigenvalue weighted by molar-refractivity contribution is 5.98. The number of ether oxygens (including phenoxy) is 1. The Morgan fingerprint density at radius 2 is 2.14 bits per heavy atom. The number of anilines is 2. The average molecular weight is 292 g/mol. The second-order valence-corrected chi connectivity index (χ2v) is 5.31. The fourth-order valence-corrected chi connectivity index (χ4v) is 3.01. The van der Waals surface area contributed by atoms with Crippen molar-refractivity contribution in [3.63, 3.8) is 0 Å². The molecule has 0 bridgehead atoms. The maximum Gasteiger partial charge on any atom is 0.340 e. The van der Waals surface area contributed by atoms with E-state index in [1.807, 2.05) is 12.1 Å². The van der Waals surface area contributed by atoms with E-state index in [2.05, 4.69) is 4.90 Å². The molecule has 0 unspecified atom stereocenters. The fraction of sp³-hybridized carbons (Fsp3) is 0.562. The lowest BCUT2D eigenvalue weighted by Crippen LogP contribution is -2.36. The summed E-state index contributed by atoms with van der Waals surface area (Å²) >= 11 is 0. The number of carbonyl (C=O) groups is 1. The van der Waals surface area contributed by atoms with Gasteiger partial charge in [-0.3, -0.25) is 0 Å². The molecule has 5 heteroatoms. The minimum Gasteiger partial charge on any atom is -0.462 e. The van der Waals surface area contributed by atoms with Crippen molar-refractivity contribution in [2.75, 3.05) is 30.4 Å². The van der Waals surface area contributed by atoms with Crippen LogP contribution in [0.15, 0.2) is 18.2 Å². The van der Waals surface area contributed by atoms with Gasteiger partial charge < -0.3 is 20.5 Å². The van der Waals surface area contributed by atoms with Gasteiger partial charge in [0.2, 0.25) is 0 Å². The number of para-hydroxylation sites is 1. The number of hydrogen-bond acceptors (Lipinski definition) is 5. The molecule has 0 heterocycles. The minimum atomic E-state index is -0.396. The zero-order valence-corrected chi connectivity index (χ0v) is 12.5. The summed E-state index contributed by atoms with van der Waals surface area (Å²) < 4.78 is 5.04. The molecule has 0 amide bonds. The molecule has 5 nitrogen and oxygen atoms in total. The smallest absolute Gasteiger partial charge is 0.340 e. The van der Waals surface area contributed by atoms with E-state index in [1.165, 1.54) is 12.8 Å². The molecular formula is C16H24N2O3. The normalized spacial score (nSPS) is 15.1. The lowest BCUT2D eigenvalue weighted by molar-refractivity contribution is 0.0527. The molecule has 0 aliphatic heterocycles. The lowest BCUT2D eigenvalue weighted by Gasteiger charge is -2.32. The summed E-state index contributed by atoms with van der Waals surface area (Å²) in [5.74, 6) is -0.396. The van der Waals surface area contributed by atoms with Gasteiger partial charge in [0.15, 0.2) is 0 Å². The van der Waals surface area contributed by atoms with E-state index < -0.39 is 5.97 Å². The van der Waals surface area contributed by atoms with Gasteiger partial charge in [0.1, 0.15) is 0 Å². The first kappa shape index (κ1) is 15.6. The van der Waals surface area contributed by atoms with Crippen molar-refractivity contribution < 1.29 is 14.6 Å². The third-order valence-electron chi connectivity index (χ3n) is 3.99. The summed E-state index contributed by atoms with van der Waals surface area (Å²) in [6.07, 6.45) is 4.60. The van der Waals surface area contributed by atoms with Crippen molar-refractivity contribution in [3.8, 4) is 0 Å². The summed E-state index contributed by atoms with van der Waals surface area (Å²) in [4.78, 5) is 14.1. The first-order valence-electron chi connectivity index (χ1n) is 7.62. The summed E-state index contributed by atoms with van der Waals surface area (Å²) in [5.41, 5.74) is 7.85. The van der Waals surface area contributed by atoms with Gasteiger partial charge in [0.05, 0.1) is 30.2 Å². The molecule has 0 aromatic heterocycles. The van der Waals surface area contributed by atoms with Gasteiger partial charge in [-0.15, -0.1) is 0 Å². The minimum absolute atomic E-state index is 0.0690. The molecule has 1 aliphatic carbocycles. The van der Waals surface area contributed by atoms with Gasteiger partial charge >= 0.3 is 5.97 Å². The zero-order chi connectivity index (χ0) is 15.2. The monoisotopic (exact) mass is 292 g/mol. The second kappa shape index (κ2) is 7.31. The molecule has 1 aliphatic rings. The number of aliphatic hydroxyl groups excluding tert-OH is 1. The van der Waals surface area contributed by atoms with Gasteiger partial charge in [-0.1, -0.05) is 18.9 Å². The van der Waals surface area contributed by atoms with Gasteiger partial charge in [0.25, 0.3) is 0 Å². The van der Waals surface area contributed by atoms with Crippen molar-refractivity contribution >= 4 is 17.3 Å². The van der Waals surface area contributed by atoms with Crippen LogP contribution in [0, 0.1) is 0 Å². The quantitative estimate of drug-likeness (QED) is 0.621. The highest BCUT2D eigenvalue weighted by atomic mass is 16.5. The number of nitrogens with two attached hydrogens (primary N) is 1. The van der Waals surface area contributed by atoms with E-state index in [-0.39, 0.29) is 6.61 Å². The van der Waals surface area contributed by atoms with Crippen molar-refractivity contribution in [3.05, 3.63) is 23.8 Å². The molecule has 0 spiro atoms. The number of hydrogen-bond donors (Lipinski definition) is 2. The van der Waals surface area contributed by atoms with E-state index in [1.54, 1.807) is 13.0 Å². The van der Waals surface area contributed by atoms with Crippen LogP contribution in [0.5, 0.6) is 0 Å². The summed E-state index contributed by atoms with van der Waals surface area (Å²) in [7, 11) is 0. The van der Waals surface area contributed by atoms with E-state index in [9.17, 15) is 9.90 Å². The molecule has 1 saturated carbocycles. The Morgan fingerprint density at radius 1 is 1.43 bits per heavy atom.